The lowest BCUT2D eigenvalue weighted by atomic mass is 9.73. The van der Waals surface area contributed by atoms with Gasteiger partial charge in [0.2, 0.25) is 0 Å². The van der Waals surface area contributed by atoms with Gasteiger partial charge in [0.05, 0.1) is 5.60 Å². The molecule has 0 saturated heterocycles. The summed E-state index contributed by atoms with van der Waals surface area (Å²) in [4.78, 5) is 20.4. The predicted molar refractivity (Wildman–Crippen MR) is 121 cm³/mol. The Morgan fingerprint density at radius 1 is 1.10 bits per heavy atom. The van der Waals surface area contributed by atoms with Crippen molar-refractivity contribution in [1.82, 2.24) is 4.90 Å². The van der Waals surface area contributed by atoms with Crippen LogP contribution in [0, 0.1) is 0 Å². The van der Waals surface area contributed by atoms with Crippen molar-refractivity contribution in [2.24, 2.45) is 0 Å². The van der Waals surface area contributed by atoms with Gasteiger partial charge in [0.25, 0.3) is 0 Å². The summed E-state index contributed by atoms with van der Waals surface area (Å²) in [6, 6.07) is 16.5. The Kier molecular flexibility index (Phi) is 9.04. The second kappa shape index (κ2) is 11.3. The maximum absolute atomic E-state index is 12.0. The predicted octanol–water partition coefficient (Wildman–Crippen LogP) is 4.15. The van der Waals surface area contributed by atoms with Crippen LogP contribution >= 0.6 is 11.6 Å². The molecule has 2 aromatic rings. The Hall–Kier alpha value is -2.41. The van der Waals surface area contributed by atoms with Crippen LogP contribution < -0.4 is 0 Å². The minimum absolute atomic E-state index is 0.0806. The van der Waals surface area contributed by atoms with Crippen LogP contribution in [0.15, 0.2) is 48.5 Å². The molecule has 0 aliphatic heterocycles. The van der Waals surface area contributed by atoms with Crippen LogP contribution in [0.2, 0.25) is 5.02 Å². The summed E-state index contributed by atoms with van der Waals surface area (Å²) in [5.41, 5.74) is 2.71. The number of carboxylic acids is 2. The molecule has 168 valence electrons. The normalized spacial score (nSPS) is 20.2. The summed E-state index contributed by atoms with van der Waals surface area (Å²) in [6.07, 6.45) is 4.83. The first kappa shape index (κ1) is 24.9. The van der Waals surface area contributed by atoms with Crippen molar-refractivity contribution >= 4 is 23.5 Å². The second-order valence-corrected chi connectivity index (χ2v) is 8.53. The van der Waals surface area contributed by atoms with E-state index in [0.717, 1.165) is 54.8 Å². The van der Waals surface area contributed by atoms with Crippen molar-refractivity contribution in [2.75, 3.05) is 20.6 Å². The molecule has 2 atom stereocenters. The summed E-state index contributed by atoms with van der Waals surface area (Å²) in [6.45, 7) is 0.979. The van der Waals surface area contributed by atoms with Gasteiger partial charge in [-0.25, -0.2) is 9.59 Å². The van der Waals surface area contributed by atoms with E-state index >= 15 is 0 Å². The Bertz CT molecular complexity index is 889. The molecule has 0 spiro atoms. The van der Waals surface area contributed by atoms with Gasteiger partial charge in [-0.05, 0) is 81.6 Å². The van der Waals surface area contributed by atoms with Crippen molar-refractivity contribution in [3.63, 3.8) is 0 Å². The number of hydrogen-bond donors (Lipinski definition) is 3. The second-order valence-electron chi connectivity index (χ2n) is 8.10. The molecule has 6 nitrogen and oxygen atoms in total. The Morgan fingerprint density at radius 3 is 2.39 bits per heavy atom. The van der Waals surface area contributed by atoms with Crippen molar-refractivity contribution in [2.45, 2.75) is 43.6 Å². The lowest BCUT2D eigenvalue weighted by Gasteiger charge is -2.37. The number of aryl methyl sites for hydroxylation is 1. The molecule has 0 radical (unpaired) electrons. The average Bonchev–Trinajstić information content (AvgIpc) is 2.85. The van der Waals surface area contributed by atoms with E-state index < -0.39 is 17.5 Å². The van der Waals surface area contributed by atoms with E-state index in [0.29, 0.717) is 0 Å². The molecule has 3 rings (SSSR count). The fraction of sp³-hybridized carbons (Fsp3) is 0.417. The Morgan fingerprint density at radius 2 is 1.77 bits per heavy atom. The van der Waals surface area contributed by atoms with Crippen LogP contribution in [0.4, 0.5) is 0 Å². The van der Waals surface area contributed by atoms with Crippen molar-refractivity contribution < 1.29 is 24.9 Å². The third-order valence-corrected chi connectivity index (χ3v) is 5.83. The first-order valence-corrected chi connectivity index (χ1v) is 10.7. The van der Waals surface area contributed by atoms with E-state index in [1.54, 1.807) is 0 Å². The minimum Gasteiger partial charge on any atom is -0.473 e. The van der Waals surface area contributed by atoms with Crippen molar-refractivity contribution in [3.05, 3.63) is 70.2 Å². The molecule has 7 heteroatoms. The number of nitrogens with zero attached hydrogens (tertiary/aromatic N) is 1. The summed E-state index contributed by atoms with van der Waals surface area (Å²) in [7, 11) is 4.17. The van der Waals surface area contributed by atoms with Gasteiger partial charge >= 0.3 is 11.9 Å². The summed E-state index contributed by atoms with van der Waals surface area (Å²) in [5, 5.41) is 27.5. The topological polar surface area (TPSA) is 98.1 Å². The molecular formula is C24H30ClNO5. The smallest absolute Gasteiger partial charge is 0.414 e. The highest BCUT2D eigenvalue weighted by Crippen LogP contribution is 2.47. The Labute approximate surface area is 188 Å². The molecule has 0 aromatic heterocycles. The van der Waals surface area contributed by atoms with Crippen LogP contribution in [-0.2, 0) is 21.6 Å². The molecule has 0 amide bonds. The molecule has 2 unspecified atom stereocenters. The maximum atomic E-state index is 12.0. The van der Waals surface area contributed by atoms with Crippen molar-refractivity contribution in [3.8, 4) is 0 Å². The molecule has 0 bridgehead atoms. The van der Waals surface area contributed by atoms with Crippen LogP contribution in [0.3, 0.4) is 0 Å². The first-order chi connectivity index (χ1) is 14.6. The zero-order chi connectivity index (χ0) is 23.0. The monoisotopic (exact) mass is 447 g/mol. The largest absolute Gasteiger partial charge is 0.473 e. The lowest BCUT2D eigenvalue weighted by molar-refractivity contribution is -0.159. The van der Waals surface area contributed by atoms with Crippen LogP contribution in [0.25, 0.3) is 0 Å². The molecule has 1 aliphatic rings. The van der Waals surface area contributed by atoms with E-state index in [1.807, 2.05) is 18.2 Å². The van der Waals surface area contributed by atoms with Gasteiger partial charge in [-0.3, -0.25) is 0 Å². The van der Waals surface area contributed by atoms with Gasteiger partial charge in [0.1, 0.15) is 0 Å². The Balaban J connectivity index is 0.000000501. The highest BCUT2D eigenvalue weighted by Gasteiger charge is 2.41. The molecular weight excluding hydrogens is 418 g/mol. The van der Waals surface area contributed by atoms with Crippen LogP contribution in [-0.4, -0.2) is 52.8 Å². The lowest BCUT2D eigenvalue weighted by Crippen LogP contribution is -2.34. The molecule has 0 fully saturated rings. The van der Waals surface area contributed by atoms with Crippen LogP contribution in [0.5, 0.6) is 0 Å². The number of benzene rings is 2. The van der Waals surface area contributed by atoms with Crippen LogP contribution in [0.1, 0.15) is 48.3 Å². The third-order valence-electron chi connectivity index (χ3n) is 5.60. The fourth-order valence-electron chi connectivity index (χ4n) is 4.22. The first-order valence-electron chi connectivity index (χ1n) is 10.3. The van der Waals surface area contributed by atoms with E-state index in [1.165, 1.54) is 5.56 Å². The quantitative estimate of drug-likeness (QED) is 0.470. The number of aliphatic carboxylic acids is 2. The molecule has 1 aliphatic carbocycles. The average molecular weight is 448 g/mol. The molecule has 2 aromatic carbocycles. The number of rotatable bonds is 5. The number of carboxylic acid groups (broad SMARTS) is 2. The number of halogens is 1. The summed E-state index contributed by atoms with van der Waals surface area (Å²) in [5.74, 6) is -3.57. The fourth-order valence-corrected chi connectivity index (χ4v) is 4.42. The van der Waals surface area contributed by atoms with Gasteiger partial charge in [0.15, 0.2) is 0 Å². The zero-order valence-electron chi connectivity index (χ0n) is 17.9. The van der Waals surface area contributed by atoms with Crippen molar-refractivity contribution in [1.29, 1.82) is 0 Å². The van der Waals surface area contributed by atoms with Gasteiger partial charge in [0, 0.05) is 10.9 Å². The number of fused-ring (bicyclic) bond motifs is 1. The van der Waals surface area contributed by atoms with Gasteiger partial charge < -0.3 is 20.2 Å². The standard InChI is InChI=1S/C22H28ClNO.C2H2O4/c1-24(2)15-7-14-22(25)20-12-4-3-8-17(20)9-6-13-21(22)18-10-5-11-19(23)16-18;3-1(4)2(5)6/h3-5,8,10-12,16,21,25H,6-7,9,13-15H2,1-2H3;(H,3,4)(H,5,6). The van der Waals surface area contributed by atoms with Gasteiger partial charge in [-0.2, -0.15) is 0 Å². The van der Waals surface area contributed by atoms with E-state index in [2.05, 4.69) is 49.3 Å². The maximum Gasteiger partial charge on any atom is 0.414 e. The minimum atomic E-state index is -1.82. The molecule has 31 heavy (non-hydrogen) atoms. The number of carbonyl (C=O) groups is 2. The molecule has 0 heterocycles. The van der Waals surface area contributed by atoms with E-state index in [4.69, 9.17) is 31.4 Å². The summed E-state index contributed by atoms with van der Waals surface area (Å²) < 4.78 is 0. The SMILES string of the molecule is CN(C)CCCC1(O)c2ccccc2CCCC1c1cccc(Cl)c1.O=C(O)C(=O)O. The molecule has 3 N–H and O–H groups in total. The van der Waals surface area contributed by atoms with E-state index in [9.17, 15) is 5.11 Å². The third kappa shape index (κ3) is 6.79. The van der Waals surface area contributed by atoms with Gasteiger partial charge in [-0.15, -0.1) is 0 Å². The van der Waals surface area contributed by atoms with Gasteiger partial charge in [-0.1, -0.05) is 48.0 Å². The number of hydrogen-bond acceptors (Lipinski definition) is 4. The summed E-state index contributed by atoms with van der Waals surface area (Å²) >= 11 is 6.26. The van der Waals surface area contributed by atoms with E-state index in [-0.39, 0.29) is 5.92 Å². The molecule has 0 saturated carbocycles. The highest BCUT2D eigenvalue weighted by molar-refractivity contribution is 6.30. The number of aliphatic hydroxyl groups is 1. The highest BCUT2D eigenvalue weighted by atomic mass is 35.5. The zero-order valence-corrected chi connectivity index (χ0v) is 18.7.